The number of halogens is 3. The maximum Gasteiger partial charge on any atom is 0.387 e. The maximum atomic E-state index is 15.2. The molecule has 0 saturated heterocycles. The van der Waals surface area contributed by atoms with Gasteiger partial charge < -0.3 is 4.74 Å². The van der Waals surface area contributed by atoms with E-state index < -0.39 is 6.61 Å². The summed E-state index contributed by atoms with van der Waals surface area (Å²) in [5.74, 6) is -0.274. The van der Waals surface area contributed by atoms with Gasteiger partial charge in [-0.15, -0.1) is 0 Å². The van der Waals surface area contributed by atoms with Crippen LogP contribution in [0.3, 0.4) is 0 Å². The summed E-state index contributed by atoms with van der Waals surface area (Å²) < 4.78 is 44.1. The molecule has 4 aromatic rings. The molecule has 4 heteroatoms. The van der Waals surface area contributed by atoms with Gasteiger partial charge in [-0.2, -0.15) is 8.78 Å². The van der Waals surface area contributed by atoms with Gasteiger partial charge in [0.15, 0.2) is 0 Å². The van der Waals surface area contributed by atoms with Crippen LogP contribution in [0, 0.1) is 5.82 Å². The van der Waals surface area contributed by atoms with Crippen LogP contribution in [0.5, 0.6) is 5.75 Å². The number of rotatable bonds is 4. The molecule has 0 bridgehead atoms. The van der Waals surface area contributed by atoms with Crippen molar-refractivity contribution in [1.82, 2.24) is 0 Å². The van der Waals surface area contributed by atoms with Crippen LogP contribution in [-0.4, -0.2) is 6.61 Å². The minimum Gasteiger partial charge on any atom is -0.435 e. The lowest BCUT2D eigenvalue weighted by Gasteiger charge is -2.11. The Morgan fingerprint density at radius 2 is 1.52 bits per heavy atom. The molecular formula is C23H17F3O. The van der Waals surface area contributed by atoms with Gasteiger partial charge in [-0.3, -0.25) is 0 Å². The SMILES string of the molecule is CCc1ccc2c(ccc3c(F)c(-c4ccc(OC(F)F)cc4)ccc32)c1. The van der Waals surface area contributed by atoms with E-state index in [1.54, 1.807) is 24.3 Å². The molecule has 0 atom stereocenters. The fraction of sp³-hybridized carbons (Fsp3) is 0.130. The summed E-state index contributed by atoms with van der Waals surface area (Å²) in [6.07, 6.45) is 0.951. The summed E-state index contributed by atoms with van der Waals surface area (Å²) in [6, 6.07) is 19.6. The second kappa shape index (κ2) is 6.95. The standard InChI is InChI=1S/C23H17F3O/c1-2-14-3-9-18-16(13-14)6-10-21-20(18)12-11-19(22(21)24)15-4-7-17(8-5-15)27-23(25)26/h3-13,23H,2H2,1H3. The van der Waals surface area contributed by atoms with E-state index in [-0.39, 0.29) is 11.6 Å². The number of ether oxygens (including phenoxy) is 1. The summed E-state index contributed by atoms with van der Waals surface area (Å²) in [4.78, 5) is 0. The van der Waals surface area contributed by atoms with Gasteiger partial charge >= 0.3 is 6.61 Å². The molecule has 136 valence electrons. The molecule has 0 unspecified atom stereocenters. The van der Waals surface area contributed by atoms with Gasteiger partial charge in [-0.05, 0) is 45.8 Å². The van der Waals surface area contributed by atoms with Gasteiger partial charge in [0, 0.05) is 10.9 Å². The Labute approximate surface area is 155 Å². The Balaban J connectivity index is 1.81. The molecule has 0 aliphatic rings. The Morgan fingerprint density at radius 1 is 0.815 bits per heavy atom. The largest absolute Gasteiger partial charge is 0.435 e. The lowest BCUT2D eigenvalue weighted by Crippen LogP contribution is -2.01. The Hall–Kier alpha value is -3.01. The van der Waals surface area contributed by atoms with E-state index in [1.807, 2.05) is 18.2 Å². The van der Waals surface area contributed by atoms with Crippen molar-refractivity contribution < 1.29 is 17.9 Å². The van der Waals surface area contributed by atoms with E-state index in [9.17, 15) is 8.78 Å². The molecule has 0 amide bonds. The van der Waals surface area contributed by atoms with Crippen LogP contribution >= 0.6 is 0 Å². The second-order valence-corrected chi connectivity index (χ2v) is 6.40. The van der Waals surface area contributed by atoms with Crippen LogP contribution in [0.15, 0.2) is 66.7 Å². The predicted molar refractivity (Wildman–Crippen MR) is 103 cm³/mol. The molecular weight excluding hydrogens is 349 g/mol. The zero-order valence-corrected chi connectivity index (χ0v) is 14.7. The van der Waals surface area contributed by atoms with Gasteiger partial charge in [0.25, 0.3) is 0 Å². The van der Waals surface area contributed by atoms with E-state index in [0.717, 1.165) is 22.6 Å². The molecule has 0 radical (unpaired) electrons. The first-order chi connectivity index (χ1) is 13.1. The van der Waals surface area contributed by atoms with Crippen molar-refractivity contribution in [3.05, 3.63) is 78.1 Å². The smallest absolute Gasteiger partial charge is 0.387 e. The highest BCUT2D eigenvalue weighted by atomic mass is 19.3. The molecule has 0 N–H and O–H groups in total. The van der Waals surface area contributed by atoms with Crippen LogP contribution in [0.2, 0.25) is 0 Å². The van der Waals surface area contributed by atoms with Gasteiger partial charge in [-0.25, -0.2) is 4.39 Å². The van der Waals surface area contributed by atoms with Crippen LogP contribution in [0.4, 0.5) is 13.2 Å². The third-order valence-electron chi connectivity index (χ3n) is 4.81. The number of alkyl halides is 2. The van der Waals surface area contributed by atoms with E-state index in [2.05, 4.69) is 23.8 Å². The lowest BCUT2D eigenvalue weighted by atomic mass is 9.95. The first kappa shape index (κ1) is 17.4. The van der Waals surface area contributed by atoms with E-state index in [0.29, 0.717) is 16.5 Å². The maximum absolute atomic E-state index is 15.2. The van der Waals surface area contributed by atoms with Crippen LogP contribution < -0.4 is 4.74 Å². The summed E-state index contributed by atoms with van der Waals surface area (Å²) in [5.41, 5.74) is 2.28. The fourth-order valence-corrected chi connectivity index (χ4v) is 3.42. The minimum absolute atomic E-state index is 0.0488. The fourth-order valence-electron chi connectivity index (χ4n) is 3.42. The normalized spacial score (nSPS) is 11.4. The van der Waals surface area contributed by atoms with E-state index in [4.69, 9.17) is 0 Å². The molecule has 0 aromatic heterocycles. The third-order valence-corrected chi connectivity index (χ3v) is 4.81. The first-order valence-corrected chi connectivity index (χ1v) is 8.76. The molecule has 4 rings (SSSR count). The topological polar surface area (TPSA) is 9.23 Å². The number of hydrogen-bond acceptors (Lipinski definition) is 1. The average molecular weight is 366 g/mol. The van der Waals surface area contributed by atoms with Crippen molar-refractivity contribution in [2.45, 2.75) is 20.0 Å². The van der Waals surface area contributed by atoms with Crippen LogP contribution in [0.25, 0.3) is 32.7 Å². The van der Waals surface area contributed by atoms with Crippen LogP contribution in [-0.2, 0) is 6.42 Å². The quantitative estimate of drug-likeness (QED) is 0.355. The Morgan fingerprint density at radius 3 is 2.22 bits per heavy atom. The number of fused-ring (bicyclic) bond motifs is 3. The van der Waals surface area contributed by atoms with Gasteiger partial charge in [-0.1, -0.05) is 61.5 Å². The highest BCUT2D eigenvalue weighted by Crippen LogP contribution is 2.34. The predicted octanol–water partition coefficient (Wildman–Crippen LogP) is 6.96. The summed E-state index contributed by atoms with van der Waals surface area (Å²) >= 11 is 0. The molecule has 27 heavy (non-hydrogen) atoms. The van der Waals surface area contributed by atoms with Gasteiger partial charge in [0.2, 0.25) is 0 Å². The second-order valence-electron chi connectivity index (χ2n) is 6.40. The van der Waals surface area contributed by atoms with E-state index in [1.165, 1.54) is 17.7 Å². The van der Waals surface area contributed by atoms with Crippen molar-refractivity contribution in [2.24, 2.45) is 0 Å². The Kier molecular flexibility index (Phi) is 4.48. The summed E-state index contributed by atoms with van der Waals surface area (Å²) in [6.45, 7) is -0.777. The molecule has 0 spiro atoms. The number of hydrogen-bond donors (Lipinski definition) is 0. The van der Waals surface area contributed by atoms with Crippen molar-refractivity contribution in [1.29, 1.82) is 0 Å². The number of benzene rings is 4. The summed E-state index contributed by atoms with van der Waals surface area (Å²) in [7, 11) is 0. The molecule has 0 saturated carbocycles. The molecule has 0 aliphatic carbocycles. The van der Waals surface area contributed by atoms with Crippen molar-refractivity contribution >= 4 is 21.5 Å². The molecule has 1 nitrogen and oxygen atoms in total. The molecule has 0 fully saturated rings. The number of aryl methyl sites for hydroxylation is 1. The highest BCUT2D eigenvalue weighted by molar-refractivity contribution is 6.08. The average Bonchev–Trinajstić information content (AvgIpc) is 2.68. The summed E-state index contributed by atoms with van der Waals surface area (Å²) in [5, 5.41) is 3.49. The monoisotopic (exact) mass is 366 g/mol. The first-order valence-electron chi connectivity index (χ1n) is 8.76. The molecule has 0 heterocycles. The minimum atomic E-state index is -2.88. The van der Waals surface area contributed by atoms with Crippen molar-refractivity contribution in [3.8, 4) is 16.9 Å². The van der Waals surface area contributed by atoms with Crippen molar-refractivity contribution in [2.75, 3.05) is 0 Å². The molecule has 0 aliphatic heterocycles. The zero-order valence-electron chi connectivity index (χ0n) is 14.7. The van der Waals surface area contributed by atoms with Crippen molar-refractivity contribution in [3.63, 3.8) is 0 Å². The van der Waals surface area contributed by atoms with Gasteiger partial charge in [0.05, 0.1) is 0 Å². The Bertz CT molecular complexity index is 1120. The molecule has 4 aromatic carbocycles. The zero-order chi connectivity index (χ0) is 19.0. The highest BCUT2D eigenvalue weighted by Gasteiger charge is 2.12. The van der Waals surface area contributed by atoms with E-state index >= 15 is 4.39 Å². The van der Waals surface area contributed by atoms with Crippen LogP contribution in [0.1, 0.15) is 12.5 Å². The third kappa shape index (κ3) is 3.23. The lowest BCUT2D eigenvalue weighted by molar-refractivity contribution is -0.0498. The van der Waals surface area contributed by atoms with Gasteiger partial charge in [0.1, 0.15) is 11.6 Å².